The van der Waals surface area contributed by atoms with E-state index in [0.717, 1.165) is 15.9 Å². The molecular formula is C16H16FN3S. The van der Waals surface area contributed by atoms with Gasteiger partial charge in [-0.3, -0.25) is 4.68 Å². The SMILES string of the molecule is C=CCn1ncc2cc(SC3C=CC(F)=CC3C)ncc21. The summed E-state index contributed by atoms with van der Waals surface area (Å²) in [6.07, 6.45) is 10.6. The Balaban J connectivity index is 1.82. The minimum absolute atomic E-state index is 0.154. The third kappa shape index (κ3) is 2.93. The van der Waals surface area contributed by atoms with Gasteiger partial charge >= 0.3 is 0 Å². The number of halogens is 1. The van der Waals surface area contributed by atoms with Crippen molar-refractivity contribution in [1.29, 1.82) is 0 Å². The molecule has 21 heavy (non-hydrogen) atoms. The normalized spacial score (nSPS) is 21.5. The van der Waals surface area contributed by atoms with E-state index in [9.17, 15) is 4.39 Å². The van der Waals surface area contributed by atoms with Gasteiger partial charge < -0.3 is 0 Å². The lowest BCUT2D eigenvalue weighted by atomic mass is 10.0. The number of rotatable bonds is 4. The van der Waals surface area contributed by atoms with E-state index in [2.05, 4.69) is 16.7 Å². The maximum atomic E-state index is 13.2. The molecule has 1 aliphatic carbocycles. The largest absolute Gasteiger partial charge is 0.259 e. The lowest BCUT2D eigenvalue weighted by Crippen LogP contribution is -2.12. The molecule has 2 heterocycles. The molecule has 2 aromatic rings. The number of hydrogen-bond acceptors (Lipinski definition) is 3. The number of thioether (sulfide) groups is 1. The second-order valence-electron chi connectivity index (χ2n) is 5.05. The molecule has 2 unspecified atom stereocenters. The van der Waals surface area contributed by atoms with Crippen LogP contribution >= 0.6 is 11.8 Å². The first-order valence-corrected chi connectivity index (χ1v) is 7.70. The molecular weight excluding hydrogens is 285 g/mol. The van der Waals surface area contributed by atoms with Crippen LogP contribution in [0.1, 0.15) is 6.92 Å². The first-order chi connectivity index (χ1) is 10.2. The summed E-state index contributed by atoms with van der Waals surface area (Å²) in [6.45, 7) is 6.41. The molecule has 0 aromatic carbocycles. The van der Waals surface area contributed by atoms with Gasteiger partial charge in [0.2, 0.25) is 0 Å². The summed E-state index contributed by atoms with van der Waals surface area (Å²) in [7, 11) is 0. The molecule has 3 rings (SSSR count). The quantitative estimate of drug-likeness (QED) is 0.795. The number of aromatic nitrogens is 3. The molecule has 3 nitrogen and oxygen atoms in total. The van der Waals surface area contributed by atoms with Crippen molar-refractivity contribution in [3.63, 3.8) is 0 Å². The molecule has 0 spiro atoms. The summed E-state index contributed by atoms with van der Waals surface area (Å²) in [5.41, 5.74) is 0.998. The van der Waals surface area contributed by atoms with E-state index >= 15 is 0 Å². The van der Waals surface area contributed by atoms with E-state index in [0.29, 0.717) is 6.54 Å². The topological polar surface area (TPSA) is 30.7 Å². The standard InChI is InChI=1S/C16H16FN3S/c1-3-6-20-14-10-18-16(8-12(14)9-19-20)21-15-5-4-13(17)7-11(15)2/h3-5,7-11,15H,1,6H2,2H3. The highest BCUT2D eigenvalue weighted by Gasteiger charge is 2.19. The predicted octanol–water partition coefficient (Wildman–Crippen LogP) is 4.14. The van der Waals surface area contributed by atoms with Crippen LogP contribution in [0, 0.1) is 5.92 Å². The molecule has 2 aromatic heterocycles. The van der Waals surface area contributed by atoms with Gasteiger partial charge in [-0.1, -0.05) is 30.8 Å². The van der Waals surface area contributed by atoms with Gasteiger partial charge in [0.1, 0.15) is 5.83 Å². The second kappa shape index (κ2) is 5.85. The van der Waals surface area contributed by atoms with Crippen molar-refractivity contribution in [3.8, 4) is 0 Å². The fourth-order valence-corrected chi connectivity index (χ4v) is 3.38. The first-order valence-electron chi connectivity index (χ1n) is 6.82. The zero-order chi connectivity index (χ0) is 14.8. The van der Waals surface area contributed by atoms with Crippen molar-refractivity contribution in [3.05, 3.63) is 55.2 Å². The molecule has 0 radical (unpaired) electrons. The number of pyridine rings is 1. The molecule has 0 bridgehead atoms. The van der Waals surface area contributed by atoms with E-state index in [-0.39, 0.29) is 17.0 Å². The Labute approximate surface area is 127 Å². The third-order valence-corrected chi connectivity index (χ3v) is 4.77. The summed E-state index contributed by atoms with van der Waals surface area (Å²) < 4.78 is 15.0. The summed E-state index contributed by atoms with van der Waals surface area (Å²) >= 11 is 1.65. The molecule has 0 saturated carbocycles. The van der Waals surface area contributed by atoms with E-state index in [1.54, 1.807) is 17.8 Å². The Bertz CT molecular complexity index is 732. The van der Waals surface area contributed by atoms with Gasteiger partial charge in [-0.15, -0.1) is 6.58 Å². The lowest BCUT2D eigenvalue weighted by Gasteiger charge is -2.19. The highest BCUT2D eigenvalue weighted by Crippen LogP contribution is 2.33. The Morgan fingerprint density at radius 1 is 1.48 bits per heavy atom. The Kier molecular flexibility index (Phi) is 3.92. The highest BCUT2D eigenvalue weighted by atomic mass is 32.2. The molecule has 5 heteroatoms. The summed E-state index contributed by atoms with van der Waals surface area (Å²) in [5.74, 6) is -0.00514. The van der Waals surface area contributed by atoms with Crippen LogP contribution in [-0.4, -0.2) is 20.0 Å². The van der Waals surface area contributed by atoms with Gasteiger partial charge in [0.05, 0.1) is 29.5 Å². The van der Waals surface area contributed by atoms with E-state index in [1.807, 2.05) is 42.2 Å². The van der Waals surface area contributed by atoms with Gasteiger partial charge in [0.25, 0.3) is 0 Å². The van der Waals surface area contributed by atoms with Crippen LogP contribution in [0.2, 0.25) is 0 Å². The monoisotopic (exact) mass is 301 g/mol. The molecule has 0 aliphatic heterocycles. The summed E-state index contributed by atoms with van der Waals surface area (Å²) in [5, 5.41) is 6.51. The molecule has 0 N–H and O–H groups in total. The average molecular weight is 301 g/mol. The van der Waals surface area contributed by atoms with Crippen molar-refractivity contribution in [2.24, 2.45) is 5.92 Å². The van der Waals surface area contributed by atoms with Crippen LogP contribution in [0.5, 0.6) is 0 Å². The van der Waals surface area contributed by atoms with Gasteiger partial charge in [0.15, 0.2) is 0 Å². The molecule has 2 atom stereocenters. The number of hydrogen-bond donors (Lipinski definition) is 0. The Morgan fingerprint density at radius 2 is 2.33 bits per heavy atom. The van der Waals surface area contributed by atoms with Crippen LogP contribution in [0.25, 0.3) is 10.9 Å². The Hall–Kier alpha value is -1.88. The van der Waals surface area contributed by atoms with Crippen LogP contribution in [0.3, 0.4) is 0 Å². The summed E-state index contributed by atoms with van der Waals surface area (Å²) in [6, 6.07) is 2.03. The van der Waals surface area contributed by atoms with Gasteiger partial charge in [-0.05, 0) is 24.1 Å². The zero-order valence-corrected chi connectivity index (χ0v) is 12.6. The first kappa shape index (κ1) is 14.1. The smallest absolute Gasteiger partial charge is 0.119 e. The third-order valence-electron chi connectivity index (χ3n) is 3.45. The average Bonchev–Trinajstić information content (AvgIpc) is 2.85. The molecule has 1 aliphatic rings. The van der Waals surface area contributed by atoms with Gasteiger partial charge in [-0.2, -0.15) is 5.10 Å². The van der Waals surface area contributed by atoms with Crippen LogP contribution < -0.4 is 0 Å². The number of fused-ring (bicyclic) bond motifs is 1. The predicted molar refractivity (Wildman–Crippen MR) is 84.9 cm³/mol. The maximum absolute atomic E-state index is 13.2. The molecule has 0 amide bonds. The minimum atomic E-state index is -0.159. The van der Waals surface area contributed by atoms with Crippen LogP contribution in [0.15, 0.2) is 60.2 Å². The fraction of sp³-hybridized carbons (Fsp3) is 0.250. The van der Waals surface area contributed by atoms with E-state index in [1.165, 1.54) is 6.08 Å². The van der Waals surface area contributed by atoms with Crippen molar-refractivity contribution < 1.29 is 4.39 Å². The van der Waals surface area contributed by atoms with Gasteiger partial charge in [0, 0.05) is 10.6 Å². The highest BCUT2D eigenvalue weighted by molar-refractivity contribution is 8.00. The van der Waals surface area contributed by atoms with Crippen LogP contribution in [-0.2, 0) is 6.54 Å². The maximum Gasteiger partial charge on any atom is 0.119 e. The van der Waals surface area contributed by atoms with Crippen molar-refractivity contribution in [1.82, 2.24) is 14.8 Å². The van der Waals surface area contributed by atoms with Crippen molar-refractivity contribution >= 4 is 22.7 Å². The lowest BCUT2D eigenvalue weighted by molar-refractivity contribution is 0.621. The van der Waals surface area contributed by atoms with Gasteiger partial charge in [-0.25, -0.2) is 9.37 Å². The second-order valence-corrected chi connectivity index (χ2v) is 6.25. The zero-order valence-electron chi connectivity index (χ0n) is 11.7. The molecule has 108 valence electrons. The van der Waals surface area contributed by atoms with Crippen LogP contribution in [0.4, 0.5) is 4.39 Å². The van der Waals surface area contributed by atoms with Crippen molar-refractivity contribution in [2.75, 3.05) is 0 Å². The van der Waals surface area contributed by atoms with Crippen molar-refractivity contribution in [2.45, 2.75) is 23.7 Å². The summed E-state index contributed by atoms with van der Waals surface area (Å²) in [4.78, 5) is 4.49. The molecule has 0 saturated heterocycles. The van der Waals surface area contributed by atoms with E-state index in [4.69, 9.17) is 0 Å². The molecule has 0 fully saturated rings. The Morgan fingerprint density at radius 3 is 3.10 bits per heavy atom. The fourth-order valence-electron chi connectivity index (χ4n) is 2.34. The van der Waals surface area contributed by atoms with E-state index < -0.39 is 0 Å². The number of allylic oxidation sites excluding steroid dienone is 4. The minimum Gasteiger partial charge on any atom is -0.259 e. The number of nitrogens with zero attached hydrogens (tertiary/aromatic N) is 3.